The molecular formula is C70H66O9S5. The third-order valence-corrected chi connectivity index (χ3v) is 12.8. The Balaban J connectivity index is 0.000000205. The minimum absolute atomic E-state index is 0.611. The van der Waals surface area contributed by atoms with Crippen LogP contribution in [0.5, 0.6) is 0 Å². The number of benzene rings is 8. The molecule has 0 aromatic heterocycles. The first-order valence-electron chi connectivity index (χ1n) is 25.9. The normalized spacial score (nSPS) is 13.7. The van der Waals surface area contributed by atoms with Crippen LogP contribution in [-0.4, -0.2) is 104 Å². The zero-order valence-corrected chi connectivity index (χ0v) is 52.4. The Bertz CT molecular complexity index is 3360. The smallest absolute Gasteiger partial charge is 0.179 e. The van der Waals surface area contributed by atoms with E-state index in [0.29, 0.717) is 0 Å². The second-order valence-electron chi connectivity index (χ2n) is 19.9. The Morgan fingerprint density at radius 2 is 0.321 bits per heavy atom. The zero-order valence-electron chi connectivity index (χ0n) is 48.3. The van der Waals surface area contributed by atoms with Crippen LogP contribution >= 0.6 is 0 Å². The van der Waals surface area contributed by atoms with Crippen molar-refractivity contribution in [2.45, 2.75) is 22.4 Å². The quantitative estimate of drug-likeness (QED) is 0.108. The van der Waals surface area contributed by atoms with Crippen molar-refractivity contribution in [3.8, 4) is 91.9 Å². The molecule has 0 spiro atoms. The predicted molar refractivity (Wildman–Crippen MR) is 351 cm³/mol. The number of rotatable bonds is 0. The van der Waals surface area contributed by atoms with Crippen molar-refractivity contribution in [1.82, 2.24) is 0 Å². The summed E-state index contributed by atoms with van der Waals surface area (Å²) in [5.74, 6) is 23.3. The molecule has 0 radical (unpaired) electrons. The van der Waals surface area contributed by atoms with Gasteiger partial charge in [0, 0.05) is 161 Å². The number of hydrogen-bond donors (Lipinski definition) is 4. The monoisotopic (exact) mass is 1210 g/mol. The van der Waals surface area contributed by atoms with Crippen LogP contribution in [0.25, 0.3) is 44.5 Å². The van der Waals surface area contributed by atoms with Crippen LogP contribution in [0.1, 0.15) is 44.5 Å². The maximum Gasteiger partial charge on any atom is 0.179 e. The van der Waals surface area contributed by atoms with Gasteiger partial charge in [-0.2, -0.15) is 0 Å². The molecule has 0 atom stereocenters. The maximum absolute atomic E-state index is 11.6. The van der Waals surface area contributed by atoms with Gasteiger partial charge in [-0.05, 0) is 91.9 Å². The fourth-order valence-corrected chi connectivity index (χ4v) is 9.87. The van der Waals surface area contributed by atoms with Gasteiger partial charge in [-0.1, -0.05) is 194 Å². The van der Waals surface area contributed by atoms with Crippen molar-refractivity contribution in [2.24, 2.45) is 0 Å². The lowest BCUT2D eigenvalue weighted by Crippen LogP contribution is -2.22. The van der Waals surface area contributed by atoms with Crippen LogP contribution in [0.3, 0.4) is 0 Å². The standard InChI is InChI=1S/2C30H18O2.5C2H6OS/c2*31-29(25-15-5-1-11-21(25)22-12-2-6-16-26(22)29)19-9-10-20-30(32)27-17-7-3-13-23(27)24-14-4-8-18-28(24)30;5*1-4(2)3/h2*1-8,11-18,31-32H;5*1-2H3. The van der Waals surface area contributed by atoms with Gasteiger partial charge < -0.3 is 20.4 Å². The van der Waals surface area contributed by atoms with Crippen LogP contribution in [-0.2, 0) is 76.4 Å². The molecule has 0 heterocycles. The average Bonchev–Trinajstić information content (AvgIpc) is 2.55. The Morgan fingerprint density at radius 1 is 0.226 bits per heavy atom. The summed E-state index contributed by atoms with van der Waals surface area (Å²) >= 11 is 0. The molecule has 0 fully saturated rings. The highest BCUT2D eigenvalue weighted by Gasteiger charge is 2.43. The predicted octanol–water partition coefficient (Wildman–Crippen LogP) is 9.63. The molecule has 14 heteroatoms. The third-order valence-electron chi connectivity index (χ3n) is 12.8. The van der Waals surface area contributed by atoms with Gasteiger partial charge in [-0.3, -0.25) is 21.0 Å². The molecule has 0 saturated heterocycles. The number of aliphatic hydroxyl groups is 4. The fraction of sp³-hybridized carbons (Fsp3) is 0.200. The number of hydrogen-bond acceptors (Lipinski definition) is 9. The molecule has 84 heavy (non-hydrogen) atoms. The summed E-state index contributed by atoms with van der Waals surface area (Å²) in [5.41, 5.74) is 8.12. The highest BCUT2D eigenvalue weighted by Crippen LogP contribution is 2.50. The summed E-state index contributed by atoms with van der Waals surface area (Å²) in [4.78, 5) is 0. The van der Waals surface area contributed by atoms with Gasteiger partial charge in [0.15, 0.2) is 22.4 Å². The van der Waals surface area contributed by atoms with Gasteiger partial charge in [0.05, 0.1) is 0 Å². The van der Waals surface area contributed by atoms with E-state index in [-0.39, 0.29) is 0 Å². The van der Waals surface area contributed by atoms with Crippen molar-refractivity contribution < 1.29 is 41.5 Å². The summed E-state index contributed by atoms with van der Waals surface area (Å²) in [5, 5.41) is 46.3. The van der Waals surface area contributed by atoms with Crippen molar-refractivity contribution in [3.05, 3.63) is 239 Å². The van der Waals surface area contributed by atoms with Crippen molar-refractivity contribution in [2.75, 3.05) is 62.6 Å². The first kappa shape index (κ1) is 65.7. The van der Waals surface area contributed by atoms with E-state index in [0.717, 1.165) is 89.0 Å². The molecule has 8 aromatic carbocycles. The highest BCUT2D eigenvalue weighted by atomic mass is 32.2. The lowest BCUT2D eigenvalue weighted by atomic mass is 9.91. The van der Waals surface area contributed by atoms with Gasteiger partial charge in [-0.25, -0.2) is 0 Å². The minimum atomic E-state index is -1.43. The first-order valence-corrected chi connectivity index (χ1v) is 35.8. The Kier molecular flexibility index (Phi) is 23.0. The average molecular weight is 1210 g/mol. The molecule has 4 aliphatic carbocycles. The summed E-state index contributed by atoms with van der Waals surface area (Å²) < 4.78 is 47.8. The molecule has 0 unspecified atom stereocenters. The summed E-state index contributed by atoms with van der Waals surface area (Å²) in [6, 6.07) is 62.0. The molecule has 430 valence electrons. The molecule has 0 amide bonds. The van der Waals surface area contributed by atoms with Crippen molar-refractivity contribution in [1.29, 1.82) is 0 Å². The lowest BCUT2D eigenvalue weighted by molar-refractivity contribution is 0.149. The molecule has 12 rings (SSSR count). The fourth-order valence-electron chi connectivity index (χ4n) is 9.87. The minimum Gasteiger partial charge on any atom is -0.369 e. The van der Waals surface area contributed by atoms with Crippen LogP contribution in [0.4, 0.5) is 0 Å². The van der Waals surface area contributed by atoms with Gasteiger partial charge >= 0.3 is 0 Å². The molecule has 0 aliphatic heterocycles. The van der Waals surface area contributed by atoms with E-state index >= 15 is 0 Å². The maximum atomic E-state index is 11.6. The van der Waals surface area contributed by atoms with E-state index in [2.05, 4.69) is 47.4 Å². The molecule has 4 aliphatic rings. The lowest BCUT2D eigenvalue weighted by Gasteiger charge is -2.19. The second-order valence-corrected chi connectivity index (χ2v) is 27.3. The molecule has 8 aromatic rings. The van der Waals surface area contributed by atoms with E-state index < -0.39 is 76.4 Å². The van der Waals surface area contributed by atoms with Crippen LogP contribution < -0.4 is 0 Å². The Labute approximate surface area is 507 Å². The third kappa shape index (κ3) is 15.3. The van der Waals surface area contributed by atoms with E-state index in [1.807, 2.05) is 194 Å². The molecule has 0 bridgehead atoms. The van der Waals surface area contributed by atoms with E-state index in [4.69, 9.17) is 0 Å². The van der Waals surface area contributed by atoms with Gasteiger partial charge in [-0.15, -0.1) is 0 Å². The molecular weight excluding hydrogens is 1150 g/mol. The first-order chi connectivity index (χ1) is 39.9. The van der Waals surface area contributed by atoms with E-state index in [1.165, 1.54) is 0 Å². The summed E-state index contributed by atoms with van der Waals surface area (Å²) in [6.07, 6.45) is 16.4. The van der Waals surface area contributed by atoms with Crippen LogP contribution in [0.15, 0.2) is 194 Å². The zero-order chi connectivity index (χ0) is 61.4. The Hall–Kier alpha value is -7.41. The highest BCUT2D eigenvalue weighted by molar-refractivity contribution is 7.84. The SMILES string of the molecule is CS(C)=O.CS(C)=O.CS(C)=O.CS(C)=O.CS(C)=O.OC1(C#CC#CC2(O)c3ccccc3-c3ccccc32)c2ccccc2-c2ccccc21.OC1(C#CC#CC2(O)c3ccccc3-c3ccccc32)c2ccccc2-c2ccccc21. The summed E-state index contributed by atoms with van der Waals surface area (Å²) in [7, 11) is -3.06. The van der Waals surface area contributed by atoms with E-state index in [1.54, 1.807) is 62.6 Å². The topological polar surface area (TPSA) is 166 Å². The van der Waals surface area contributed by atoms with Crippen LogP contribution in [0, 0.1) is 47.4 Å². The molecule has 4 N–H and O–H groups in total. The largest absolute Gasteiger partial charge is 0.369 e. The molecule has 9 nitrogen and oxygen atoms in total. The van der Waals surface area contributed by atoms with Crippen molar-refractivity contribution >= 4 is 54.0 Å². The van der Waals surface area contributed by atoms with Crippen LogP contribution in [0.2, 0.25) is 0 Å². The Morgan fingerprint density at radius 3 is 0.429 bits per heavy atom. The van der Waals surface area contributed by atoms with Gasteiger partial charge in [0.25, 0.3) is 0 Å². The van der Waals surface area contributed by atoms with Crippen molar-refractivity contribution in [3.63, 3.8) is 0 Å². The van der Waals surface area contributed by atoms with Gasteiger partial charge in [0.2, 0.25) is 0 Å². The van der Waals surface area contributed by atoms with Gasteiger partial charge in [0.1, 0.15) is 0 Å². The number of fused-ring (bicyclic) bond motifs is 12. The second kappa shape index (κ2) is 29.4. The molecule has 0 saturated carbocycles. The summed E-state index contributed by atoms with van der Waals surface area (Å²) in [6.45, 7) is 0. The van der Waals surface area contributed by atoms with E-state index in [9.17, 15) is 41.5 Å².